The molecule has 0 aliphatic rings. The van der Waals surface area contributed by atoms with E-state index < -0.39 is 5.97 Å². The molecule has 6 nitrogen and oxygen atoms in total. The van der Waals surface area contributed by atoms with Crippen LogP contribution in [0.1, 0.15) is 12.0 Å². The number of hydrogen-bond donors (Lipinski definition) is 1. The number of nitrogens with zero attached hydrogens (tertiary/aromatic N) is 3. The summed E-state index contributed by atoms with van der Waals surface area (Å²) >= 11 is 0. The highest BCUT2D eigenvalue weighted by Crippen LogP contribution is 2.03. The lowest BCUT2D eigenvalue weighted by molar-refractivity contribution is -0.137. The van der Waals surface area contributed by atoms with E-state index in [1.165, 1.54) is 9.80 Å². The highest BCUT2D eigenvalue weighted by molar-refractivity contribution is 5.75. The second kappa shape index (κ2) is 6.58. The van der Waals surface area contributed by atoms with Crippen LogP contribution in [-0.2, 0) is 11.3 Å². The van der Waals surface area contributed by atoms with Crippen LogP contribution >= 0.6 is 0 Å². The minimum atomic E-state index is -0.912. The number of pyridine rings is 1. The topological polar surface area (TPSA) is 73.7 Å². The fourth-order valence-electron chi connectivity index (χ4n) is 1.48. The van der Waals surface area contributed by atoms with Gasteiger partial charge in [-0.05, 0) is 11.6 Å². The first-order chi connectivity index (χ1) is 8.50. The summed E-state index contributed by atoms with van der Waals surface area (Å²) < 4.78 is 0. The Hall–Kier alpha value is -2.11. The maximum absolute atomic E-state index is 11.9. The number of hydrogen-bond acceptors (Lipinski definition) is 3. The van der Waals surface area contributed by atoms with Crippen molar-refractivity contribution in [2.75, 3.05) is 20.6 Å². The lowest BCUT2D eigenvalue weighted by atomic mass is 10.3. The van der Waals surface area contributed by atoms with Gasteiger partial charge in [-0.15, -0.1) is 0 Å². The van der Waals surface area contributed by atoms with Gasteiger partial charge in [-0.2, -0.15) is 0 Å². The molecule has 0 saturated heterocycles. The summed E-state index contributed by atoms with van der Waals surface area (Å²) in [4.78, 5) is 29.2. The summed E-state index contributed by atoms with van der Waals surface area (Å²) in [5, 5.41) is 8.56. The van der Waals surface area contributed by atoms with Crippen LogP contribution in [0.15, 0.2) is 24.5 Å². The molecule has 1 heterocycles. The fourth-order valence-corrected chi connectivity index (χ4v) is 1.48. The second-order valence-corrected chi connectivity index (χ2v) is 4.07. The molecule has 0 atom stereocenters. The summed E-state index contributed by atoms with van der Waals surface area (Å²) in [6.45, 7) is 0.648. The van der Waals surface area contributed by atoms with Gasteiger partial charge in [0.05, 0.1) is 6.42 Å². The molecule has 0 spiro atoms. The van der Waals surface area contributed by atoms with E-state index >= 15 is 0 Å². The standard InChI is InChI=1S/C12H17N3O3/c1-14(7-5-11(16)17)12(18)15(2)9-10-4-3-6-13-8-10/h3-4,6,8H,5,7,9H2,1-2H3,(H,16,17). The van der Waals surface area contributed by atoms with Gasteiger partial charge in [0, 0.05) is 39.6 Å². The molecular formula is C12H17N3O3. The average Bonchev–Trinajstić information content (AvgIpc) is 2.36. The third kappa shape index (κ3) is 4.40. The Kier molecular flexibility index (Phi) is 5.10. The van der Waals surface area contributed by atoms with Crippen molar-refractivity contribution in [2.45, 2.75) is 13.0 Å². The molecule has 0 saturated carbocycles. The highest BCUT2D eigenvalue weighted by atomic mass is 16.4. The van der Waals surface area contributed by atoms with Crippen molar-refractivity contribution in [1.29, 1.82) is 0 Å². The van der Waals surface area contributed by atoms with Crippen LogP contribution in [0, 0.1) is 0 Å². The molecule has 1 aromatic heterocycles. The molecule has 0 aliphatic heterocycles. The van der Waals surface area contributed by atoms with Crippen molar-refractivity contribution in [3.63, 3.8) is 0 Å². The molecule has 1 N–H and O–H groups in total. The van der Waals surface area contributed by atoms with Gasteiger partial charge in [0.15, 0.2) is 0 Å². The van der Waals surface area contributed by atoms with Crippen LogP contribution in [0.3, 0.4) is 0 Å². The summed E-state index contributed by atoms with van der Waals surface area (Å²) in [5.74, 6) is -0.912. The third-order valence-electron chi connectivity index (χ3n) is 2.46. The van der Waals surface area contributed by atoms with E-state index in [0.29, 0.717) is 6.54 Å². The molecular weight excluding hydrogens is 234 g/mol. The summed E-state index contributed by atoms with van der Waals surface area (Å²) in [5.41, 5.74) is 0.931. The first-order valence-corrected chi connectivity index (χ1v) is 5.57. The number of aliphatic carboxylic acids is 1. The maximum Gasteiger partial charge on any atom is 0.319 e. The van der Waals surface area contributed by atoms with E-state index in [9.17, 15) is 9.59 Å². The molecule has 18 heavy (non-hydrogen) atoms. The van der Waals surface area contributed by atoms with Gasteiger partial charge >= 0.3 is 12.0 Å². The normalized spacial score (nSPS) is 9.89. The van der Waals surface area contributed by atoms with Gasteiger partial charge in [0.2, 0.25) is 0 Å². The molecule has 0 fully saturated rings. The van der Waals surface area contributed by atoms with Gasteiger partial charge in [-0.25, -0.2) is 4.79 Å². The van der Waals surface area contributed by atoms with Gasteiger partial charge in [0.1, 0.15) is 0 Å². The number of urea groups is 1. The summed E-state index contributed by atoms with van der Waals surface area (Å²) in [7, 11) is 3.26. The average molecular weight is 251 g/mol. The number of amides is 2. The van der Waals surface area contributed by atoms with E-state index in [0.717, 1.165) is 5.56 Å². The Balaban J connectivity index is 2.48. The molecule has 0 bridgehead atoms. The van der Waals surface area contributed by atoms with Crippen LogP contribution in [-0.4, -0.2) is 52.5 Å². The van der Waals surface area contributed by atoms with Gasteiger partial charge in [-0.3, -0.25) is 9.78 Å². The van der Waals surface area contributed by atoms with Gasteiger partial charge < -0.3 is 14.9 Å². The smallest absolute Gasteiger partial charge is 0.319 e. The van der Waals surface area contributed by atoms with Crippen molar-refractivity contribution in [3.05, 3.63) is 30.1 Å². The number of rotatable bonds is 5. The Labute approximate surface area is 106 Å². The lowest BCUT2D eigenvalue weighted by Gasteiger charge is -2.24. The van der Waals surface area contributed by atoms with Crippen molar-refractivity contribution in [1.82, 2.24) is 14.8 Å². The number of aromatic nitrogens is 1. The van der Waals surface area contributed by atoms with Crippen molar-refractivity contribution < 1.29 is 14.7 Å². The zero-order valence-corrected chi connectivity index (χ0v) is 10.5. The predicted octanol–water partition coefficient (Wildman–Crippen LogP) is 1.04. The Morgan fingerprint density at radius 1 is 1.33 bits per heavy atom. The number of carbonyl (C=O) groups is 2. The lowest BCUT2D eigenvalue weighted by Crippen LogP contribution is -2.39. The Morgan fingerprint density at radius 3 is 2.61 bits per heavy atom. The summed E-state index contributed by atoms with van der Waals surface area (Å²) in [6, 6.07) is 3.48. The first kappa shape index (κ1) is 14.0. The van der Waals surface area contributed by atoms with Crippen LogP contribution in [0.25, 0.3) is 0 Å². The summed E-state index contributed by atoms with van der Waals surface area (Å²) in [6.07, 6.45) is 3.31. The van der Waals surface area contributed by atoms with Crippen LogP contribution in [0.2, 0.25) is 0 Å². The predicted molar refractivity (Wildman–Crippen MR) is 66.0 cm³/mol. The zero-order chi connectivity index (χ0) is 13.5. The second-order valence-electron chi connectivity index (χ2n) is 4.07. The molecule has 0 aliphatic carbocycles. The number of carbonyl (C=O) groups excluding carboxylic acids is 1. The van der Waals surface area contributed by atoms with E-state index in [1.54, 1.807) is 26.5 Å². The quantitative estimate of drug-likeness (QED) is 0.848. The molecule has 0 aromatic carbocycles. The number of carboxylic acids is 1. The molecule has 98 valence electrons. The van der Waals surface area contributed by atoms with E-state index in [4.69, 9.17) is 5.11 Å². The van der Waals surface area contributed by atoms with Crippen LogP contribution < -0.4 is 0 Å². The molecule has 6 heteroatoms. The maximum atomic E-state index is 11.9. The third-order valence-corrected chi connectivity index (χ3v) is 2.46. The SMILES string of the molecule is CN(CCC(=O)O)C(=O)N(C)Cc1cccnc1. The van der Waals surface area contributed by atoms with Crippen molar-refractivity contribution in [2.24, 2.45) is 0 Å². The highest BCUT2D eigenvalue weighted by Gasteiger charge is 2.15. The van der Waals surface area contributed by atoms with Crippen molar-refractivity contribution >= 4 is 12.0 Å². The molecule has 1 rings (SSSR count). The number of carboxylic acid groups (broad SMARTS) is 1. The first-order valence-electron chi connectivity index (χ1n) is 5.57. The minimum Gasteiger partial charge on any atom is -0.481 e. The fraction of sp³-hybridized carbons (Fsp3) is 0.417. The largest absolute Gasteiger partial charge is 0.481 e. The van der Waals surface area contributed by atoms with Gasteiger partial charge in [0.25, 0.3) is 0 Å². The molecule has 0 radical (unpaired) electrons. The van der Waals surface area contributed by atoms with Crippen LogP contribution in [0.5, 0.6) is 0 Å². The molecule has 0 unspecified atom stereocenters. The van der Waals surface area contributed by atoms with Gasteiger partial charge in [-0.1, -0.05) is 6.07 Å². The zero-order valence-electron chi connectivity index (χ0n) is 10.5. The Bertz CT molecular complexity index is 408. The van der Waals surface area contributed by atoms with E-state index in [-0.39, 0.29) is 19.0 Å². The molecule has 2 amide bonds. The van der Waals surface area contributed by atoms with Crippen LogP contribution in [0.4, 0.5) is 4.79 Å². The van der Waals surface area contributed by atoms with Crippen molar-refractivity contribution in [3.8, 4) is 0 Å². The minimum absolute atomic E-state index is 0.0526. The molecule has 1 aromatic rings. The van der Waals surface area contributed by atoms with E-state index in [1.807, 2.05) is 12.1 Å². The van der Waals surface area contributed by atoms with E-state index in [2.05, 4.69) is 4.98 Å². The monoisotopic (exact) mass is 251 g/mol. The Morgan fingerprint density at radius 2 is 2.06 bits per heavy atom.